The van der Waals surface area contributed by atoms with Crippen LogP contribution >= 0.6 is 0 Å². The van der Waals surface area contributed by atoms with Crippen molar-refractivity contribution in [3.63, 3.8) is 0 Å². The molecule has 0 bridgehead atoms. The lowest BCUT2D eigenvalue weighted by molar-refractivity contribution is 0.434. The molecule has 70 valence electrons. The van der Waals surface area contributed by atoms with Gasteiger partial charge in [-0.1, -0.05) is 58.3 Å². The fourth-order valence-corrected chi connectivity index (χ4v) is 2.00. The maximum atomic E-state index is 2.45. The van der Waals surface area contributed by atoms with E-state index in [0.29, 0.717) is 0 Å². The average Bonchev–Trinajstić information content (AvgIpc) is 2.89. The molecule has 0 heterocycles. The minimum absolute atomic E-state index is 1.02. The third kappa shape index (κ3) is 3.16. The van der Waals surface area contributed by atoms with E-state index >= 15 is 0 Å². The van der Waals surface area contributed by atoms with E-state index in [1.807, 2.05) is 0 Å². The lowest BCUT2D eigenvalue weighted by Gasteiger charge is -2.09. The first kappa shape index (κ1) is 8.59. The summed E-state index contributed by atoms with van der Waals surface area (Å²) in [4.78, 5) is 0. The Morgan fingerprint density at radius 1 is 0.917 bits per heavy atom. The second kappa shape index (κ2) is 3.81. The molecule has 0 aromatic carbocycles. The van der Waals surface area contributed by atoms with Gasteiger partial charge in [0.05, 0.1) is 0 Å². The summed E-state index contributed by atoms with van der Waals surface area (Å²) in [6, 6.07) is 0. The minimum atomic E-state index is 1.02. The first-order valence-corrected chi connectivity index (χ1v) is 5.84. The molecule has 0 nitrogen and oxygen atoms in total. The molecule has 0 N–H and O–H groups in total. The number of hydrogen-bond acceptors (Lipinski definition) is 0. The van der Waals surface area contributed by atoms with Crippen molar-refractivity contribution in [2.45, 2.75) is 58.3 Å². The molecule has 0 heteroatoms. The summed E-state index contributed by atoms with van der Waals surface area (Å²) in [7, 11) is 0. The maximum Gasteiger partial charge on any atom is -0.0414 e. The third-order valence-electron chi connectivity index (χ3n) is 3.53. The molecular formula is C12H22. The highest BCUT2D eigenvalue weighted by Crippen LogP contribution is 2.37. The van der Waals surface area contributed by atoms with Gasteiger partial charge in [0.2, 0.25) is 0 Å². The lowest BCUT2D eigenvalue weighted by atomic mass is 9.97. The fourth-order valence-electron chi connectivity index (χ4n) is 2.00. The van der Waals surface area contributed by atoms with E-state index in [1.165, 1.54) is 51.4 Å². The molecule has 0 aromatic rings. The molecule has 0 saturated heterocycles. The zero-order valence-corrected chi connectivity index (χ0v) is 8.39. The highest BCUT2D eigenvalue weighted by molar-refractivity contribution is 4.76. The Morgan fingerprint density at radius 3 is 1.67 bits per heavy atom. The van der Waals surface area contributed by atoms with Crippen molar-refractivity contribution < 1.29 is 0 Å². The molecule has 2 fully saturated rings. The largest absolute Gasteiger partial charge is 0.0625 e. The van der Waals surface area contributed by atoms with Crippen LogP contribution in [0.25, 0.3) is 0 Å². The van der Waals surface area contributed by atoms with E-state index in [0.717, 1.165) is 17.8 Å². The normalized spacial score (nSPS) is 23.5. The first-order chi connectivity index (χ1) is 5.84. The molecule has 2 aliphatic carbocycles. The SMILES string of the molecule is CC(CCC1CC1)CCC1CC1. The molecule has 0 amide bonds. The van der Waals surface area contributed by atoms with E-state index < -0.39 is 0 Å². The molecule has 0 spiro atoms. The van der Waals surface area contributed by atoms with E-state index in [-0.39, 0.29) is 0 Å². The maximum absolute atomic E-state index is 2.45. The monoisotopic (exact) mass is 166 g/mol. The molecule has 2 saturated carbocycles. The van der Waals surface area contributed by atoms with Crippen molar-refractivity contribution in [1.29, 1.82) is 0 Å². The Kier molecular flexibility index (Phi) is 2.73. The average molecular weight is 166 g/mol. The van der Waals surface area contributed by atoms with Crippen molar-refractivity contribution in [3.05, 3.63) is 0 Å². The summed E-state index contributed by atoms with van der Waals surface area (Å²) in [5, 5.41) is 0. The summed E-state index contributed by atoms with van der Waals surface area (Å²) < 4.78 is 0. The summed E-state index contributed by atoms with van der Waals surface area (Å²) in [6.07, 6.45) is 12.2. The van der Waals surface area contributed by atoms with Crippen LogP contribution in [0.4, 0.5) is 0 Å². The van der Waals surface area contributed by atoms with E-state index in [4.69, 9.17) is 0 Å². The van der Waals surface area contributed by atoms with Gasteiger partial charge >= 0.3 is 0 Å². The van der Waals surface area contributed by atoms with E-state index in [9.17, 15) is 0 Å². The number of hydrogen-bond donors (Lipinski definition) is 0. The summed E-state index contributed by atoms with van der Waals surface area (Å²) in [5.74, 6) is 3.31. The first-order valence-electron chi connectivity index (χ1n) is 5.84. The molecule has 12 heavy (non-hydrogen) atoms. The van der Waals surface area contributed by atoms with Crippen LogP contribution < -0.4 is 0 Å². The van der Waals surface area contributed by atoms with E-state index in [1.54, 1.807) is 0 Å². The van der Waals surface area contributed by atoms with Crippen LogP contribution in [0.1, 0.15) is 58.3 Å². The molecular weight excluding hydrogens is 144 g/mol. The van der Waals surface area contributed by atoms with Crippen LogP contribution in [-0.2, 0) is 0 Å². The van der Waals surface area contributed by atoms with Gasteiger partial charge in [-0.3, -0.25) is 0 Å². The summed E-state index contributed by atoms with van der Waals surface area (Å²) >= 11 is 0. The Morgan fingerprint density at radius 2 is 1.33 bits per heavy atom. The highest BCUT2D eigenvalue weighted by atomic mass is 14.3. The van der Waals surface area contributed by atoms with Crippen LogP contribution in [0.15, 0.2) is 0 Å². The predicted molar refractivity (Wildman–Crippen MR) is 53.1 cm³/mol. The van der Waals surface area contributed by atoms with Crippen molar-refractivity contribution in [3.8, 4) is 0 Å². The lowest BCUT2D eigenvalue weighted by Crippen LogP contribution is -1.95. The van der Waals surface area contributed by atoms with Gasteiger partial charge in [-0.2, -0.15) is 0 Å². The smallest absolute Gasteiger partial charge is 0.0414 e. The molecule has 2 rings (SSSR count). The van der Waals surface area contributed by atoms with Crippen molar-refractivity contribution in [2.24, 2.45) is 17.8 Å². The van der Waals surface area contributed by atoms with Gasteiger partial charge in [-0.25, -0.2) is 0 Å². The van der Waals surface area contributed by atoms with Gasteiger partial charge < -0.3 is 0 Å². The van der Waals surface area contributed by atoms with Gasteiger partial charge in [0.15, 0.2) is 0 Å². The Balaban J connectivity index is 1.47. The van der Waals surface area contributed by atoms with Gasteiger partial charge in [0, 0.05) is 0 Å². The van der Waals surface area contributed by atoms with Crippen molar-refractivity contribution >= 4 is 0 Å². The predicted octanol–water partition coefficient (Wildman–Crippen LogP) is 4.00. The van der Waals surface area contributed by atoms with Crippen molar-refractivity contribution in [2.75, 3.05) is 0 Å². The fraction of sp³-hybridized carbons (Fsp3) is 1.00. The second-order valence-corrected chi connectivity index (χ2v) is 5.15. The van der Waals surface area contributed by atoms with Gasteiger partial charge in [-0.05, 0) is 17.8 Å². The molecule has 0 aromatic heterocycles. The Bertz CT molecular complexity index is 115. The standard InChI is InChI=1S/C12H22/c1-10(2-4-11-6-7-11)3-5-12-8-9-12/h10-12H,2-9H2,1H3. The number of rotatable bonds is 6. The van der Waals surface area contributed by atoms with Gasteiger partial charge in [0.25, 0.3) is 0 Å². The molecule has 0 aliphatic heterocycles. The summed E-state index contributed by atoms with van der Waals surface area (Å²) in [5.41, 5.74) is 0. The van der Waals surface area contributed by atoms with Crippen molar-refractivity contribution in [1.82, 2.24) is 0 Å². The van der Waals surface area contributed by atoms with Crippen LogP contribution in [0.2, 0.25) is 0 Å². The molecule has 0 radical (unpaired) electrons. The van der Waals surface area contributed by atoms with Crippen LogP contribution in [0, 0.1) is 17.8 Å². The highest BCUT2D eigenvalue weighted by Gasteiger charge is 2.23. The molecule has 0 unspecified atom stereocenters. The quantitative estimate of drug-likeness (QED) is 0.559. The Labute approximate surface area is 76.7 Å². The minimum Gasteiger partial charge on any atom is -0.0625 e. The second-order valence-electron chi connectivity index (χ2n) is 5.15. The molecule has 0 atom stereocenters. The zero-order chi connectivity index (χ0) is 8.39. The zero-order valence-electron chi connectivity index (χ0n) is 8.39. The molecule has 2 aliphatic rings. The van der Waals surface area contributed by atoms with Crippen LogP contribution in [0.3, 0.4) is 0 Å². The van der Waals surface area contributed by atoms with E-state index in [2.05, 4.69) is 6.92 Å². The third-order valence-corrected chi connectivity index (χ3v) is 3.53. The van der Waals surface area contributed by atoms with Gasteiger partial charge in [-0.15, -0.1) is 0 Å². The van der Waals surface area contributed by atoms with Gasteiger partial charge in [0.1, 0.15) is 0 Å². The Hall–Kier alpha value is 0. The van der Waals surface area contributed by atoms with Crippen LogP contribution in [-0.4, -0.2) is 0 Å². The summed E-state index contributed by atoms with van der Waals surface area (Å²) in [6.45, 7) is 2.45. The topological polar surface area (TPSA) is 0 Å². The van der Waals surface area contributed by atoms with Crippen LogP contribution in [0.5, 0.6) is 0 Å².